The summed E-state index contributed by atoms with van der Waals surface area (Å²) >= 11 is 5.83. The summed E-state index contributed by atoms with van der Waals surface area (Å²) in [4.78, 5) is 11.2. The van der Waals surface area contributed by atoms with Gasteiger partial charge in [-0.25, -0.2) is 0 Å². The standard InChI is InChI=1S/C11H14ClNO2/c1-11(5-6-13,10(14)15)8-3-2-4-9(12)7-8/h2-4,7H,5-6,13H2,1H3,(H,14,15). The molecule has 1 aromatic rings. The second-order valence-electron chi connectivity index (χ2n) is 3.69. The molecule has 0 aliphatic rings. The van der Waals surface area contributed by atoms with Crippen LogP contribution in [0.2, 0.25) is 5.02 Å². The molecule has 0 fully saturated rings. The Bertz CT molecular complexity index is 367. The Morgan fingerprint density at radius 2 is 2.27 bits per heavy atom. The zero-order valence-corrected chi connectivity index (χ0v) is 9.29. The molecule has 0 radical (unpaired) electrons. The maximum absolute atomic E-state index is 11.2. The molecule has 0 heterocycles. The molecule has 0 bridgehead atoms. The first-order chi connectivity index (χ1) is 7.00. The summed E-state index contributed by atoms with van der Waals surface area (Å²) < 4.78 is 0. The SMILES string of the molecule is CC(CCN)(C(=O)O)c1cccc(Cl)c1. The van der Waals surface area contributed by atoms with Gasteiger partial charge in [-0.1, -0.05) is 23.7 Å². The smallest absolute Gasteiger partial charge is 0.313 e. The number of carboxylic acid groups (broad SMARTS) is 1. The van der Waals surface area contributed by atoms with E-state index in [4.69, 9.17) is 17.3 Å². The van der Waals surface area contributed by atoms with Gasteiger partial charge in [-0.3, -0.25) is 4.79 Å². The van der Waals surface area contributed by atoms with E-state index in [2.05, 4.69) is 0 Å². The fourth-order valence-corrected chi connectivity index (χ4v) is 1.69. The molecule has 3 nitrogen and oxygen atoms in total. The van der Waals surface area contributed by atoms with E-state index in [1.54, 1.807) is 31.2 Å². The number of rotatable bonds is 4. The zero-order valence-electron chi connectivity index (χ0n) is 8.53. The van der Waals surface area contributed by atoms with Gasteiger partial charge in [0.2, 0.25) is 0 Å². The van der Waals surface area contributed by atoms with Crippen LogP contribution in [0.5, 0.6) is 0 Å². The van der Waals surface area contributed by atoms with Gasteiger partial charge in [-0.15, -0.1) is 0 Å². The van der Waals surface area contributed by atoms with E-state index in [0.717, 1.165) is 0 Å². The van der Waals surface area contributed by atoms with Gasteiger partial charge >= 0.3 is 5.97 Å². The summed E-state index contributed by atoms with van der Waals surface area (Å²) in [5.74, 6) is -0.879. The Kier molecular flexibility index (Phi) is 3.72. The van der Waals surface area contributed by atoms with Crippen molar-refractivity contribution in [2.24, 2.45) is 5.73 Å². The molecule has 1 aromatic carbocycles. The predicted octanol–water partition coefficient (Wildman–Crippen LogP) is 2.03. The molecule has 0 aromatic heterocycles. The second kappa shape index (κ2) is 4.64. The lowest BCUT2D eigenvalue weighted by atomic mass is 9.79. The Morgan fingerprint density at radius 3 is 2.73 bits per heavy atom. The van der Waals surface area contributed by atoms with Crippen LogP contribution in [0.1, 0.15) is 18.9 Å². The summed E-state index contributed by atoms with van der Waals surface area (Å²) in [5, 5.41) is 9.75. The minimum Gasteiger partial charge on any atom is -0.481 e. The highest BCUT2D eigenvalue weighted by molar-refractivity contribution is 6.30. The first-order valence-corrected chi connectivity index (χ1v) is 5.08. The van der Waals surface area contributed by atoms with E-state index in [0.29, 0.717) is 23.6 Å². The number of halogens is 1. The van der Waals surface area contributed by atoms with Crippen molar-refractivity contribution in [1.29, 1.82) is 0 Å². The molecule has 1 unspecified atom stereocenters. The molecule has 82 valence electrons. The van der Waals surface area contributed by atoms with Crippen molar-refractivity contribution in [3.8, 4) is 0 Å². The van der Waals surface area contributed by atoms with Crippen molar-refractivity contribution in [3.63, 3.8) is 0 Å². The minimum atomic E-state index is -0.959. The molecule has 1 rings (SSSR count). The van der Waals surface area contributed by atoms with Crippen molar-refractivity contribution in [2.45, 2.75) is 18.8 Å². The highest BCUT2D eigenvalue weighted by Gasteiger charge is 2.34. The van der Waals surface area contributed by atoms with Crippen LogP contribution in [0.4, 0.5) is 0 Å². The Labute approximate surface area is 93.9 Å². The molecule has 0 saturated heterocycles. The second-order valence-corrected chi connectivity index (χ2v) is 4.12. The molecule has 0 amide bonds. The molecule has 0 aliphatic carbocycles. The number of carboxylic acids is 1. The van der Waals surface area contributed by atoms with Gasteiger partial charge in [-0.05, 0) is 37.6 Å². The first kappa shape index (κ1) is 12.0. The highest BCUT2D eigenvalue weighted by Crippen LogP contribution is 2.29. The van der Waals surface area contributed by atoms with Crippen LogP contribution >= 0.6 is 11.6 Å². The summed E-state index contributed by atoms with van der Waals surface area (Å²) in [5.41, 5.74) is 5.16. The normalized spacial score (nSPS) is 14.6. The maximum Gasteiger partial charge on any atom is 0.313 e. The predicted molar refractivity (Wildman–Crippen MR) is 60.1 cm³/mol. The van der Waals surface area contributed by atoms with Crippen molar-refractivity contribution in [1.82, 2.24) is 0 Å². The van der Waals surface area contributed by atoms with E-state index < -0.39 is 11.4 Å². The summed E-state index contributed by atoms with van der Waals surface area (Å²) in [6, 6.07) is 6.89. The quantitative estimate of drug-likeness (QED) is 0.827. The van der Waals surface area contributed by atoms with Crippen LogP contribution in [-0.4, -0.2) is 17.6 Å². The van der Waals surface area contributed by atoms with Gasteiger partial charge in [0.15, 0.2) is 0 Å². The molecular formula is C11H14ClNO2. The maximum atomic E-state index is 11.2. The third-order valence-electron chi connectivity index (χ3n) is 2.58. The van der Waals surface area contributed by atoms with E-state index >= 15 is 0 Å². The number of aliphatic carboxylic acids is 1. The fraction of sp³-hybridized carbons (Fsp3) is 0.364. The lowest BCUT2D eigenvalue weighted by molar-refractivity contribution is -0.143. The molecule has 15 heavy (non-hydrogen) atoms. The first-order valence-electron chi connectivity index (χ1n) is 4.70. The van der Waals surface area contributed by atoms with Gasteiger partial charge in [0, 0.05) is 5.02 Å². The summed E-state index contributed by atoms with van der Waals surface area (Å²) in [6.07, 6.45) is 0.392. The van der Waals surface area contributed by atoms with Crippen molar-refractivity contribution in [2.75, 3.05) is 6.54 Å². The van der Waals surface area contributed by atoms with Gasteiger partial charge in [-0.2, -0.15) is 0 Å². The number of nitrogens with two attached hydrogens (primary N) is 1. The molecule has 1 atom stereocenters. The highest BCUT2D eigenvalue weighted by atomic mass is 35.5. The largest absolute Gasteiger partial charge is 0.481 e. The lowest BCUT2D eigenvalue weighted by Gasteiger charge is -2.24. The van der Waals surface area contributed by atoms with Crippen molar-refractivity contribution >= 4 is 17.6 Å². The summed E-state index contributed by atoms with van der Waals surface area (Å²) in [6.45, 7) is 1.99. The van der Waals surface area contributed by atoms with Crippen molar-refractivity contribution < 1.29 is 9.90 Å². The van der Waals surface area contributed by atoms with E-state index in [1.807, 2.05) is 0 Å². The minimum absolute atomic E-state index is 0.329. The third-order valence-corrected chi connectivity index (χ3v) is 2.81. The number of benzene rings is 1. The summed E-state index contributed by atoms with van der Waals surface area (Å²) in [7, 11) is 0. The average molecular weight is 228 g/mol. The molecule has 3 N–H and O–H groups in total. The number of hydrogen-bond acceptors (Lipinski definition) is 2. The average Bonchev–Trinajstić information content (AvgIpc) is 2.17. The lowest BCUT2D eigenvalue weighted by Crippen LogP contribution is -2.34. The van der Waals surface area contributed by atoms with Crippen LogP contribution in [-0.2, 0) is 10.2 Å². The third kappa shape index (κ3) is 2.49. The van der Waals surface area contributed by atoms with Crippen LogP contribution in [0.25, 0.3) is 0 Å². The van der Waals surface area contributed by atoms with Gasteiger partial charge in [0.1, 0.15) is 0 Å². The Morgan fingerprint density at radius 1 is 1.60 bits per heavy atom. The topological polar surface area (TPSA) is 63.3 Å². The molecule has 0 spiro atoms. The van der Waals surface area contributed by atoms with E-state index in [1.165, 1.54) is 0 Å². The van der Waals surface area contributed by atoms with E-state index in [-0.39, 0.29) is 0 Å². The number of carbonyl (C=O) groups is 1. The fourth-order valence-electron chi connectivity index (χ4n) is 1.50. The molecule has 0 saturated carbocycles. The number of hydrogen-bond donors (Lipinski definition) is 2. The van der Waals surface area contributed by atoms with Crippen molar-refractivity contribution in [3.05, 3.63) is 34.9 Å². The van der Waals surface area contributed by atoms with E-state index in [9.17, 15) is 9.90 Å². The van der Waals surface area contributed by atoms with Crippen LogP contribution < -0.4 is 5.73 Å². The van der Waals surface area contributed by atoms with Gasteiger partial charge in [0.05, 0.1) is 5.41 Å². The van der Waals surface area contributed by atoms with Crippen LogP contribution in [0, 0.1) is 0 Å². The van der Waals surface area contributed by atoms with Crippen LogP contribution in [0.3, 0.4) is 0 Å². The Hall–Kier alpha value is -1.06. The molecular weight excluding hydrogens is 214 g/mol. The van der Waals surface area contributed by atoms with Gasteiger partial charge in [0.25, 0.3) is 0 Å². The molecule has 4 heteroatoms. The Balaban J connectivity index is 3.15. The zero-order chi connectivity index (χ0) is 11.5. The van der Waals surface area contributed by atoms with Gasteiger partial charge < -0.3 is 10.8 Å². The molecule has 0 aliphatic heterocycles. The van der Waals surface area contributed by atoms with Crippen LogP contribution in [0.15, 0.2) is 24.3 Å². The monoisotopic (exact) mass is 227 g/mol.